The molecular weight excluding hydrogens is 240 g/mol. The minimum absolute atomic E-state index is 0.0631. The Kier molecular flexibility index (Phi) is 4.00. The molecule has 0 atom stereocenters. The molecule has 0 saturated heterocycles. The molecule has 0 aliphatic heterocycles. The van der Waals surface area contributed by atoms with E-state index in [1.54, 1.807) is 0 Å². The summed E-state index contributed by atoms with van der Waals surface area (Å²) in [4.78, 5) is 19.2. The van der Waals surface area contributed by atoms with Gasteiger partial charge >= 0.3 is 0 Å². The minimum atomic E-state index is -0.0631. The van der Waals surface area contributed by atoms with Gasteiger partial charge in [0.1, 0.15) is 11.6 Å². The predicted octanol–water partition coefficient (Wildman–Crippen LogP) is 2.71. The highest BCUT2D eigenvalue weighted by molar-refractivity contribution is 5.57. The number of aromatic nitrogens is 2. The van der Waals surface area contributed by atoms with Crippen molar-refractivity contribution in [2.24, 2.45) is 0 Å². The summed E-state index contributed by atoms with van der Waals surface area (Å²) < 4.78 is 5.45. The van der Waals surface area contributed by atoms with Gasteiger partial charge < -0.3 is 9.72 Å². The maximum absolute atomic E-state index is 11.9. The Morgan fingerprint density at radius 3 is 2.74 bits per heavy atom. The molecular formula is C15H18N2O2. The number of nitrogens with zero attached hydrogens (tertiary/aromatic N) is 1. The number of aromatic amines is 1. The quantitative estimate of drug-likeness (QED) is 0.917. The normalized spacial score (nSPS) is 10.5. The molecule has 1 N–H and O–H groups in total. The third-order valence-electron chi connectivity index (χ3n) is 2.99. The average molecular weight is 258 g/mol. The molecule has 100 valence electrons. The number of ether oxygens (including phenoxy) is 1. The highest BCUT2D eigenvalue weighted by Crippen LogP contribution is 2.20. The fourth-order valence-corrected chi connectivity index (χ4v) is 2.06. The first kappa shape index (κ1) is 13.3. The smallest absolute Gasteiger partial charge is 0.254 e. The van der Waals surface area contributed by atoms with E-state index in [9.17, 15) is 4.79 Å². The van der Waals surface area contributed by atoms with Gasteiger partial charge in [0.05, 0.1) is 6.61 Å². The zero-order valence-electron chi connectivity index (χ0n) is 11.5. The number of nitrogens with one attached hydrogen (secondary N) is 1. The van der Waals surface area contributed by atoms with Crippen LogP contribution in [0.1, 0.15) is 25.1 Å². The minimum Gasteiger partial charge on any atom is -0.494 e. The standard InChI is InChI=1S/C15H18N2O2/c1-4-13-10(3)16-14(17-15(13)18)11-7-6-8-12(9-11)19-5-2/h6-9H,4-5H2,1-3H3,(H,16,17,18). The monoisotopic (exact) mass is 258 g/mol. The van der Waals surface area contributed by atoms with E-state index in [4.69, 9.17) is 4.74 Å². The van der Waals surface area contributed by atoms with Crippen LogP contribution in [-0.4, -0.2) is 16.6 Å². The maximum Gasteiger partial charge on any atom is 0.254 e. The van der Waals surface area contributed by atoms with E-state index < -0.39 is 0 Å². The second kappa shape index (κ2) is 5.69. The fourth-order valence-electron chi connectivity index (χ4n) is 2.06. The molecule has 0 aliphatic carbocycles. The SMILES string of the molecule is CCOc1cccc(-c2nc(C)c(CC)c(=O)[nH]2)c1. The Labute approximate surface area is 112 Å². The summed E-state index contributed by atoms with van der Waals surface area (Å²) in [6.07, 6.45) is 0.688. The lowest BCUT2D eigenvalue weighted by Gasteiger charge is -2.08. The third kappa shape index (κ3) is 2.84. The number of hydrogen-bond donors (Lipinski definition) is 1. The zero-order chi connectivity index (χ0) is 13.8. The van der Waals surface area contributed by atoms with Crippen molar-refractivity contribution < 1.29 is 4.74 Å². The van der Waals surface area contributed by atoms with Crippen LogP contribution in [-0.2, 0) is 6.42 Å². The van der Waals surface area contributed by atoms with Crippen molar-refractivity contribution in [3.63, 3.8) is 0 Å². The summed E-state index contributed by atoms with van der Waals surface area (Å²) in [6, 6.07) is 7.57. The molecule has 2 aromatic rings. The van der Waals surface area contributed by atoms with Gasteiger partial charge in [-0.3, -0.25) is 4.79 Å². The number of benzene rings is 1. The van der Waals surface area contributed by atoms with Crippen LogP contribution < -0.4 is 10.3 Å². The molecule has 0 bridgehead atoms. The van der Waals surface area contributed by atoms with Crippen LogP contribution in [0.5, 0.6) is 5.75 Å². The zero-order valence-corrected chi connectivity index (χ0v) is 11.5. The van der Waals surface area contributed by atoms with Crippen LogP contribution in [0, 0.1) is 6.92 Å². The van der Waals surface area contributed by atoms with Crippen LogP contribution in [0.25, 0.3) is 11.4 Å². The van der Waals surface area contributed by atoms with Crippen LogP contribution in [0.4, 0.5) is 0 Å². The molecule has 0 saturated carbocycles. The molecule has 0 amide bonds. The fraction of sp³-hybridized carbons (Fsp3) is 0.333. The third-order valence-corrected chi connectivity index (χ3v) is 2.99. The Bertz CT molecular complexity index is 632. The summed E-state index contributed by atoms with van der Waals surface area (Å²) in [7, 11) is 0. The van der Waals surface area contributed by atoms with Gasteiger partial charge in [0.15, 0.2) is 0 Å². The molecule has 0 fully saturated rings. The Balaban J connectivity index is 2.47. The highest BCUT2D eigenvalue weighted by atomic mass is 16.5. The summed E-state index contributed by atoms with van der Waals surface area (Å²) in [6.45, 7) is 6.37. The van der Waals surface area contributed by atoms with E-state index >= 15 is 0 Å². The average Bonchev–Trinajstić information content (AvgIpc) is 2.39. The molecule has 1 heterocycles. The molecule has 0 unspecified atom stereocenters. The van der Waals surface area contributed by atoms with Crippen molar-refractivity contribution in [3.8, 4) is 17.1 Å². The van der Waals surface area contributed by atoms with Gasteiger partial charge in [-0.05, 0) is 32.4 Å². The van der Waals surface area contributed by atoms with Crippen molar-refractivity contribution in [1.82, 2.24) is 9.97 Å². The second-order valence-electron chi connectivity index (χ2n) is 4.29. The van der Waals surface area contributed by atoms with Crippen molar-refractivity contribution in [2.45, 2.75) is 27.2 Å². The summed E-state index contributed by atoms with van der Waals surface area (Å²) in [5.74, 6) is 1.36. The maximum atomic E-state index is 11.9. The van der Waals surface area contributed by atoms with Crippen molar-refractivity contribution in [1.29, 1.82) is 0 Å². The molecule has 4 nitrogen and oxygen atoms in total. The molecule has 2 rings (SSSR count). The lowest BCUT2D eigenvalue weighted by Crippen LogP contribution is -2.16. The van der Waals surface area contributed by atoms with Gasteiger partial charge in [-0.1, -0.05) is 19.1 Å². The van der Waals surface area contributed by atoms with Crippen molar-refractivity contribution >= 4 is 0 Å². The first-order valence-corrected chi connectivity index (χ1v) is 6.48. The summed E-state index contributed by atoms with van der Waals surface area (Å²) in [5.41, 5.74) is 2.31. The van der Waals surface area contributed by atoms with E-state index in [0.29, 0.717) is 18.9 Å². The van der Waals surface area contributed by atoms with Gasteiger partial charge in [-0.25, -0.2) is 4.98 Å². The summed E-state index contributed by atoms with van der Waals surface area (Å²) in [5, 5.41) is 0. The van der Waals surface area contributed by atoms with Gasteiger partial charge in [0.25, 0.3) is 5.56 Å². The van der Waals surface area contributed by atoms with Crippen LogP contribution >= 0.6 is 0 Å². The van der Waals surface area contributed by atoms with Crippen LogP contribution in [0.15, 0.2) is 29.1 Å². The molecule has 1 aromatic carbocycles. The largest absolute Gasteiger partial charge is 0.494 e. The molecule has 4 heteroatoms. The van der Waals surface area contributed by atoms with Crippen molar-refractivity contribution in [3.05, 3.63) is 45.9 Å². The van der Waals surface area contributed by atoms with Crippen LogP contribution in [0.3, 0.4) is 0 Å². The van der Waals surface area contributed by atoms with E-state index in [-0.39, 0.29) is 5.56 Å². The van der Waals surface area contributed by atoms with E-state index in [2.05, 4.69) is 9.97 Å². The number of aryl methyl sites for hydroxylation is 1. The van der Waals surface area contributed by atoms with E-state index in [0.717, 1.165) is 22.6 Å². The van der Waals surface area contributed by atoms with E-state index in [1.165, 1.54) is 0 Å². The lowest BCUT2D eigenvalue weighted by molar-refractivity contribution is 0.340. The number of H-pyrrole nitrogens is 1. The van der Waals surface area contributed by atoms with Crippen LogP contribution in [0.2, 0.25) is 0 Å². The second-order valence-corrected chi connectivity index (χ2v) is 4.29. The number of hydrogen-bond acceptors (Lipinski definition) is 3. The lowest BCUT2D eigenvalue weighted by atomic mass is 10.1. The topological polar surface area (TPSA) is 55.0 Å². The van der Waals surface area contributed by atoms with Crippen molar-refractivity contribution in [2.75, 3.05) is 6.61 Å². The first-order valence-electron chi connectivity index (χ1n) is 6.48. The molecule has 1 aromatic heterocycles. The Hall–Kier alpha value is -2.10. The van der Waals surface area contributed by atoms with E-state index in [1.807, 2.05) is 45.0 Å². The Morgan fingerprint density at radius 1 is 1.32 bits per heavy atom. The summed E-state index contributed by atoms with van der Waals surface area (Å²) >= 11 is 0. The molecule has 19 heavy (non-hydrogen) atoms. The Morgan fingerprint density at radius 2 is 2.11 bits per heavy atom. The van der Waals surface area contributed by atoms with Gasteiger partial charge in [-0.2, -0.15) is 0 Å². The first-order chi connectivity index (χ1) is 9.15. The van der Waals surface area contributed by atoms with Gasteiger partial charge in [0, 0.05) is 16.8 Å². The number of rotatable bonds is 4. The van der Waals surface area contributed by atoms with Gasteiger partial charge in [-0.15, -0.1) is 0 Å². The highest BCUT2D eigenvalue weighted by Gasteiger charge is 2.08. The predicted molar refractivity (Wildman–Crippen MR) is 75.6 cm³/mol. The van der Waals surface area contributed by atoms with Gasteiger partial charge in [0.2, 0.25) is 0 Å². The molecule has 0 radical (unpaired) electrons. The molecule has 0 spiro atoms. The molecule has 0 aliphatic rings.